The number of hydrogen-bond acceptors (Lipinski definition) is 4. The fraction of sp³-hybridized carbons (Fsp3) is 0.462. The number of aliphatic carboxylic acids is 1. The fourth-order valence-corrected chi connectivity index (χ4v) is 1.60. The Morgan fingerprint density at radius 3 is 2.79 bits per heavy atom. The van der Waals surface area contributed by atoms with Gasteiger partial charge in [0.25, 0.3) is 5.91 Å². The standard InChI is InChI=1S/C13H18N2O4/c1-3-6-10(13(17)18)15-11(16)9-7-5-8-14-12(9)19-4-2/h5,7-8,10H,3-4,6H2,1-2H3,(H,15,16)(H,17,18). The minimum atomic E-state index is -1.04. The number of rotatable bonds is 7. The van der Waals surface area contributed by atoms with E-state index in [-0.39, 0.29) is 11.4 Å². The zero-order valence-electron chi connectivity index (χ0n) is 11.0. The summed E-state index contributed by atoms with van der Waals surface area (Å²) in [6.07, 6.45) is 2.57. The summed E-state index contributed by atoms with van der Waals surface area (Å²) in [7, 11) is 0. The summed E-state index contributed by atoms with van der Waals surface area (Å²) in [5.41, 5.74) is 0.242. The van der Waals surface area contributed by atoms with Crippen molar-refractivity contribution in [3.63, 3.8) is 0 Å². The van der Waals surface area contributed by atoms with Gasteiger partial charge in [-0.25, -0.2) is 9.78 Å². The normalized spacial score (nSPS) is 11.7. The van der Waals surface area contributed by atoms with Gasteiger partial charge in [-0.05, 0) is 25.5 Å². The SMILES string of the molecule is CCCC(NC(=O)c1cccnc1OCC)C(=O)O. The number of amides is 1. The maximum Gasteiger partial charge on any atom is 0.326 e. The molecule has 2 N–H and O–H groups in total. The van der Waals surface area contributed by atoms with E-state index in [1.165, 1.54) is 6.20 Å². The van der Waals surface area contributed by atoms with Crippen LogP contribution >= 0.6 is 0 Å². The number of nitrogens with one attached hydrogen (secondary N) is 1. The van der Waals surface area contributed by atoms with E-state index in [1.54, 1.807) is 19.1 Å². The Kier molecular flexibility index (Phi) is 5.78. The molecule has 1 atom stereocenters. The van der Waals surface area contributed by atoms with E-state index in [0.717, 1.165) is 0 Å². The first kappa shape index (κ1) is 14.9. The Morgan fingerprint density at radius 1 is 1.47 bits per heavy atom. The second-order valence-electron chi connectivity index (χ2n) is 3.94. The minimum Gasteiger partial charge on any atom is -0.480 e. The lowest BCUT2D eigenvalue weighted by Crippen LogP contribution is -2.40. The first-order valence-electron chi connectivity index (χ1n) is 6.21. The number of carbonyl (C=O) groups excluding carboxylic acids is 1. The molecule has 1 heterocycles. The molecule has 0 fully saturated rings. The van der Waals surface area contributed by atoms with E-state index in [9.17, 15) is 9.59 Å². The maximum atomic E-state index is 12.0. The molecule has 1 aromatic heterocycles. The predicted molar refractivity (Wildman–Crippen MR) is 69.2 cm³/mol. The Bertz CT molecular complexity index is 448. The molecule has 0 radical (unpaired) electrons. The van der Waals surface area contributed by atoms with Crippen LogP contribution in [0.4, 0.5) is 0 Å². The molecule has 0 aliphatic rings. The highest BCUT2D eigenvalue weighted by Gasteiger charge is 2.21. The number of aromatic nitrogens is 1. The summed E-state index contributed by atoms with van der Waals surface area (Å²) < 4.78 is 5.24. The van der Waals surface area contributed by atoms with Crippen molar-refractivity contribution < 1.29 is 19.4 Å². The van der Waals surface area contributed by atoms with E-state index in [4.69, 9.17) is 9.84 Å². The number of pyridine rings is 1. The molecule has 1 rings (SSSR count). The Hall–Kier alpha value is -2.11. The predicted octanol–water partition coefficient (Wildman–Crippen LogP) is 1.46. The van der Waals surface area contributed by atoms with Gasteiger partial charge in [-0.15, -0.1) is 0 Å². The average Bonchev–Trinajstić information content (AvgIpc) is 2.39. The monoisotopic (exact) mass is 266 g/mol. The summed E-state index contributed by atoms with van der Waals surface area (Å²) in [5, 5.41) is 11.5. The highest BCUT2D eigenvalue weighted by molar-refractivity contribution is 5.98. The topological polar surface area (TPSA) is 88.5 Å². The van der Waals surface area contributed by atoms with Crippen molar-refractivity contribution in [1.29, 1.82) is 0 Å². The van der Waals surface area contributed by atoms with Crippen molar-refractivity contribution in [2.24, 2.45) is 0 Å². The van der Waals surface area contributed by atoms with Crippen LogP contribution in [-0.4, -0.2) is 34.6 Å². The van der Waals surface area contributed by atoms with Gasteiger partial charge in [-0.3, -0.25) is 4.79 Å². The average molecular weight is 266 g/mol. The lowest BCUT2D eigenvalue weighted by atomic mass is 10.1. The van der Waals surface area contributed by atoms with Crippen LogP contribution < -0.4 is 10.1 Å². The molecule has 1 unspecified atom stereocenters. The van der Waals surface area contributed by atoms with Crippen LogP contribution in [0.3, 0.4) is 0 Å². The molecule has 6 nitrogen and oxygen atoms in total. The van der Waals surface area contributed by atoms with Gasteiger partial charge in [0.1, 0.15) is 11.6 Å². The van der Waals surface area contributed by atoms with Crippen molar-refractivity contribution in [1.82, 2.24) is 10.3 Å². The number of ether oxygens (including phenoxy) is 1. The van der Waals surface area contributed by atoms with E-state index in [1.807, 2.05) is 6.92 Å². The first-order chi connectivity index (χ1) is 9.10. The Balaban J connectivity index is 2.84. The minimum absolute atomic E-state index is 0.211. The number of carboxylic acids is 1. The van der Waals surface area contributed by atoms with Crippen LogP contribution in [0, 0.1) is 0 Å². The number of carboxylic acid groups (broad SMARTS) is 1. The van der Waals surface area contributed by atoms with E-state index in [2.05, 4.69) is 10.3 Å². The molecule has 0 saturated heterocycles. The number of carbonyl (C=O) groups is 2. The maximum absolute atomic E-state index is 12.0. The molecule has 19 heavy (non-hydrogen) atoms. The van der Waals surface area contributed by atoms with Crippen LogP contribution in [0.1, 0.15) is 37.0 Å². The molecule has 0 aliphatic heterocycles. The van der Waals surface area contributed by atoms with Crippen molar-refractivity contribution in [3.8, 4) is 5.88 Å². The van der Waals surface area contributed by atoms with Gasteiger partial charge in [0.15, 0.2) is 0 Å². The van der Waals surface area contributed by atoms with Gasteiger partial charge in [-0.1, -0.05) is 13.3 Å². The van der Waals surface area contributed by atoms with Gasteiger partial charge < -0.3 is 15.2 Å². The van der Waals surface area contributed by atoms with Crippen molar-refractivity contribution >= 4 is 11.9 Å². The van der Waals surface area contributed by atoms with E-state index >= 15 is 0 Å². The van der Waals surface area contributed by atoms with Crippen LogP contribution in [0.2, 0.25) is 0 Å². The summed E-state index contributed by atoms with van der Waals surface area (Å²) in [5.74, 6) is -1.32. The van der Waals surface area contributed by atoms with Crippen LogP contribution in [0.15, 0.2) is 18.3 Å². The Morgan fingerprint density at radius 2 is 2.21 bits per heavy atom. The number of nitrogens with zero attached hydrogens (tertiary/aromatic N) is 1. The Labute approximate surface area is 111 Å². The van der Waals surface area contributed by atoms with E-state index < -0.39 is 17.9 Å². The van der Waals surface area contributed by atoms with Crippen LogP contribution in [0.5, 0.6) is 5.88 Å². The third-order valence-corrected chi connectivity index (χ3v) is 2.48. The largest absolute Gasteiger partial charge is 0.480 e. The molecule has 0 spiro atoms. The van der Waals surface area contributed by atoms with Crippen molar-refractivity contribution in [2.75, 3.05) is 6.61 Å². The molecule has 1 aromatic rings. The quantitative estimate of drug-likeness (QED) is 0.780. The summed E-state index contributed by atoms with van der Waals surface area (Å²) >= 11 is 0. The molecule has 0 aliphatic carbocycles. The molecule has 0 bridgehead atoms. The van der Waals surface area contributed by atoms with Crippen molar-refractivity contribution in [2.45, 2.75) is 32.7 Å². The van der Waals surface area contributed by atoms with Crippen molar-refractivity contribution in [3.05, 3.63) is 23.9 Å². The van der Waals surface area contributed by atoms with Gasteiger partial charge in [-0.2, -0.15) is 0 Å². The zero-order chi connectivity index (χ0) is 14.3. The molecule has 0 saturated carbocycles. The smallest absolute Gasteiger partial charge is 0.326 e. The van der Waals surface area contributed by atoms with Crippen LogP contribution in [-0.2, 0) is 4.79 Å². The highest BCUT2D eigenvalue weighted by atomic mass is 16.5. The van der Waals surface area contributed by atoms with Gasteiger partial charge in [0, 0.05) is 6.20 Å². The molecule has 0 aromatic carbocycles. The second kappa shape index (κ2) is 7.35. The van der Waals surface area contributed by atoms with Gasteiger partial charge in [0.05, 0.1) is 6.61 Å². The molecular weight excluding hydrogens is 248 g/mol. The molecule has 1 amide bonds. The lowest BCUT2D eigenvalue weighted by Gasteiger charge is -2.14. The second-order valence-corrected chi connectivity index (χ2v) is 3.94. The third kappa shape index (κ3) is 4.24. The summed E-state index contributed by atoms with van der Waals surface area (Å²) in [4.78, 5) is 27.0. The summed E-state index contributed by atoms with van der Waals surface area (Å²) in [6, 6.07) is 2.26. The first-order valence-corrected chi connectivity index (χ1v) is 6.21. The summed E-state index contributed by atoms with van der Waals surface area (Å²) in [6.45, 7) is 4.03. The van der Waals surface area contributed by atoms with Gasteiger partial charge in [0.2, 0.25) is 5.88 Å². The lowest BCUT2D eigenvalue weighted by molar-refractivity contribution is -0.139. The molecular formula is C13H18N2O4. The van der Waals surface area contributed by atoms with Gasteiger partial charge >= 0.3 is 5.97 Å². The molecule has 104 valence electrons. The zero-order valence-corrected chi connectivity index (χ0v) is 11.0. The third-order valence-electron chi connectivity index (χ3n) is 2.48. The number of hydrogen-bond donors (Lipinski definition) is 2. The highest BCUT2D eigenvalue weighted by Crippen LogP contribution is 2.14. The van der Waals surface area contributed by atoms with Crippen LogP contribution in [0.25, 0.3) is 0 Å². The molecule has 6 heteroatoms. The van der Waals surface area contributed by atoms with E-state index in [0.29, 0.717) is 19.4 Å². The fourth-order valence-electron chi connectivity index (χ4n) is 1.60.